The van der Waals surface area contributed by atoms with Crippen molar-refractivity contribution in [1.29, 1.82) is 0 Å². The van der Waals surface area contributed by atoms with Gasteiger partial charge in [0.25, 0.3) is 0 Å². The molecule has 98 valence electrons. The lowest BCUT2D eigenvalue weighted by Crippen LogP contribution is -2.46. The Morgan fingerprint density at radius 3 is 2.39 bits per heavy atom. The first-order chi connectivity index (χ1) is 8.60. The zero-order valence-corrected chi connectivity index (χ0v) is 11.8. The van der Waals surface area contributed by atoms with Crippen LogP contribution in [0.2, 0.25) is 0 Å². The normalized spacial score (nSPS) is 11.9. The molecule has 1 aromatic rings. The number of carbonyl (C=O) groups is 2. The quantitative estimate of drug-likeness (QED) is 0.816. The summed E-state index contributed by atoms with van der Waals surface area (Å²) in [5.74, 6) is -1.18. The van der Waals surface area contributed by atoms with Gasteiger partial charge in [0.1, 0.15) is 6.04 Å². The van der Waals surface area contributed by atoms with Gasteiger partial charge in [0.05, 0.1) is 5.33 Å². The highest BCUT2D eigenvalue weighted by Gasteiger charge is 2.27. The van der Waals surface area contributed by atoms with E-state index in [9.17, 15) is 14.7 Å². The Labute approximate surface area is 115 Å². The maximum Gasteiger partial charge on any atom is 0.326 e. The number of hydrogen-bond donors (Lipinski definition) is 1. The zero-order valence-electron chi connectivity index (χ0n) is 10.2. The summed E-state index contributed by atoms with van der Waals surface area (Å²) in [6.07, 6.45) is 0.322. The molecule has 0 unspecified atom stereocenters. The Hall–Kier alpha value is -1.36. The number of alkyl halides is 1. The molecule has 0 radical (unpaired) electrons. The molecule has 0 aromatic heterocycles. The summed E-state index contributed by atoms with van der Waals surface area (Å²) >= 11 is 3.07. The van der Waals surface area contributed by atoms with Gasteiger partial charge in [-0.25, -0.2) is 4.79 Å². The van der Waals surface area contributed by atoms with E-state index >= 15 is 0 Å². The van der Waals surface area contributed by atoms with Gasteiger partial charge in [-0.15, -0.1) is 0 Å². The van der Waals surface area contributed by atoms with Gasteiger partial charge < -0.3 is 10.0 Å². The minimum absolute atomic E-state index is 0.138. The molecule has 1 atom stereocenters. The third kappa shape index (κ3) is 3.84. The summed E-state index contributed by atoms with van der Waals surface area (Å²) in [5.41, 5.74) is 0.908. The van der Waals surface area contributed by atoms with E-state index in [0.29, 0.717) is 13.0 Å². The lowest BCUT2D eigenvalue weighted by molar-refractivity contribution is -0.149. The van der Waals surface area contributed by atoms with Crippen LogP contribution in [0.4, 0.5) is 0 Å². The number of likely N-dealkylation sites (N-methyl/N-ethyl adjacent to an activating group) is 1. The van der Waals surface area contributed by atoms with Crippen molar-refractivity contribution >= 4 is 27.8 Å². The molecule has 5 heteroatoms. The van der Waals surface area contributed by atoms with Gasteiger partial charge in [-0.1, -0.05) is 46.3 Å². The Kier molecular flexibility index (Phi) is 5.85. The molecule has 0 heterocycles. The number of carboxylic acids is 1. The van der Waals surface area contributed by atoms with E-state index in [1.165, 1.54) is 4.90 Å². The molecular formula is C13H16BrNO3. The lowest BCUT2D eigenvalue weighted by Gasteiger charge is -2.27. The van der Waals surface area contributed by atoms with Crippen LogP contribution in [-0.2, 0) is 16.0 Å². The van der Waals surface area contributed by atoms with Gasteiger partial charge in [0.2, 0.25) is 5.91 Å². The predicted molar refractivity (Wildman–Crippen MR) is 72.8 cm³/mol. The van der Waals surface area contributed by atoms with Gasteiger partial charge in [-0.05, 0) is 12.5 Å². The first kappa shape index (κ1) is 14.7. The van der Waals surface area contributed by atoms with Gasteiger partial charge >= 0.3 is 5.97 Å². The number of rotatable bonds is 6. The van der Waals surface area contributed by atoms with E-state index in [1.54, 1.807) is 6.92 Å². The third-order valence-electron chi connectivity index (χ3n) is 2.71. The van der Waals surface area contributed by atoms with Crippen LogP contribution in [-0.4, -0.2) is 39.8 Å². The molecule has 0 bridgehead atoms. The molecule has 0 aliphatic heterocycles. The summed E-state index contributed by atoms with van der Waals surface area (Å²) in [6, 6.07) is 8.50. The molecule has 0 saturated heterocycles. The number of carbonyl (C=O) groups excluding carboxylic acids is 1. The summed E-state index contributed by atoms with van der Waals surface area (Å²) in [4.78, 5) is 24.4. The van der Waals surface area contributed by atoms with Crippen LogP contribution >= 0.6 is 15.9 Å². The summed E-state index contributed by atoms with van der Waals surface area (Å²) in [5, 5.41) is 9.41. The Morgan fingerprint density at radius 1 is 1.33 bits per heavy atom. The van der Waals surface area contributed by atoms with Crippen LogP contribution in [0.3, 0.4) is 0 Å². The molecule has 0 saturated carbocycles. The highest BCUT2D eigenvalue weighted by atomic mass is 79.9. The zero-order chi connectivity index (χ0) is 13.5. The van der Waals surface area contributed by atoms with E-state index < -0.39 is 12.0 Å². The van der Waals surface area contributed by atoms with Crippen molar-refractivity contribution in [2.24, 2.45) is 0 Å². The van der Waals surface area contributed by atoms with Crippen molar-refractivity contribution in [2.75, 3.05) is 11.9 Å². The van der Waals surface area contributed by atoms with E-state index in [2.05, 4.69) is 15.9 Å². The molecule has 0 aliphatic rings. The molecule has 0 aliphatic carbocycles. The van der Waals surface area contributed by atoms with Crippen LogP contribution in [0.1, 0.15) is 12.5 Å². The number of aliphatic carboxylic acids is 1. The minimum Gasteiger partial charge on any atom is -0.480 e. The highest BCUT2D eigenvalue weighted by molar-refractivity contribution is 9.09. The number of nitrogens with zero attached hydrogens (tertiary/aromatic N) is 1. The van der Waals surface area contributed by atoms with Gasteiger partial charge in [0.15, 0.2) is 0 Å². The second-order valence-electron chi connectivity index (χ2n) is 3.86. The average Bonchev–Trinajstić information content (AvgIpc) is 2.39. The fraction of sp³-hybridized carbons (Fsp3) is 0.385. The van der Waals surface area contributed by atoms with E-state index in [0.717, 1.165) is 5.56 Å². The second kappa shape index (κ2) is 7.16. The van der Waals surface area contributed by atoms with Crippen LogP contribution < -0.4 is 0 Å². The Morgan fingerprint density at radius 2 is 1.94 bits per heavy atom. The smallest absolute Gasteiger partial charge is 0.326 e. The molecule has 4 nitrogen and oxygen atoms in total. The fourth-order valence-electron chi connectivity index (χ4n) is 1.82. The second-order valence-corrected chi connectivity index (χ2v) is 4.42. The predicted octanol–water partition coefficient (Wildman–Crippen LogP) is 1.93. The van der Waals surface area contributed by atoms with Crippen molar-refractivity contribution in [2.45, 2.75) is 19.4 Å². The van der Waals surface area contributed by atoms with Crippen molar-refractivity contribution < 1.29 is 14.7 Å². The molecule has 1 amide bonds. The van der Waals surface area contributed by atoms with E-state index in [-0.39, 0.29) is 11.2 Å². The minimum atomic E-state index is -0.977. The van der Waals surface area contributed by atoms with Crippen molar-refractivity contribution in [1.82, 2.24) is 4.90 Å². The van der Waals surface area contributed by atoms with Crippen LogP contribution in [0.5, 0.6) is 0 Å². The number of amides is 1. The van der Waals surface area contributed by atoms with E-state index in [4.69, 9.17) is 0 Å². The Balaban J connectivity index is 2.88. The van der Waals surface area contributed by atoms with Gasteiger partial charge in [-0.3, -0.25) is 4.79 Å². The van der Waals surface area contributed by atoms with Gasteiger partial charge in [0, 0.05) is 13.0 Å². The molecule has 1 N–H and O–H groups in total. The number of hydrogen-bond acceptors (Lipinski definition) is 2. The van der Waals surface area contributed by atoms with E-state index in [1.807, 2.05) is 30.3 Å². The topological polar surface area (TPSA) is 57.6 Å². The first-order valence-electron chi connectivity index (χ1n) is 5.72. The highest BCUT2D eigenvalue weighted by Crippen LogP contribution is 2.10. The molecular weight excluding hydrogens is 298 g/mol. The number of benzene rings is 1. The molecule has 0 spiro atoms. The SMILES string of the molecule is CCN(C(=O)CBr)[C@@H](Cc1ccccc1)C(=O)O. The van der Waals surface area contributed by atoms with Crippen molar-refractivity contribution in [3.63, 3.8) is 0 Å². The van der Waals surface area contributed by atoms with Crippen molar-refractivity contribution in [3.05, 3.63) is 35.9 Å². The van der Waals surface area contributed by atoms with Gasteiger partial charge in [-0.2, -0.15) is 0 Å². The monoisotopic (exact) mass is 313 g/mol. The third-order valence-corrected chi connectivity index (χ3v) is 3.19. The number of halogens is 1. The van der Waals surface area contributed by atoms with Crippen LogP contribution in [0, 0.1) is 0 Å². The first-order valence-corrected chi connectivity index (χ1v) is 6.84. The number of carboxylic acid groups (broad SMARTS) is 1. The van der Waals surface area contributed by atoms with Crippen LogP contribution in [0.25, 0.3) is 0 Å². The summed E-state index contributed by atoms with van der Waals surface area (Å²) in [7, 11) is 0. The molecule has 1 aromatic carbocycles. The lowest BCUT2D eigenvalue weighted by atomic mass is 10.0. The molecule has 1 rings (SSSR count). The fourth-order valence-corrected chi connectivity index (χ4v) is 2.14. The summed E-state index contributed by atoms with van der Waals surface area (Å²) < 4.78 is 0. The summed E-state index contributed by atoms with van der Waals surface area (Å²) in [6.45, 7) is 2.16. The maximum absolute atomic E-state index is 11.7. The largest absolute Gasteiger partial charge is 0.480 e. The van der Waals surface area contributed by atoms with Crippen LogP contribution in [0.15, 0.2) is 30.3 Å². The molecule has 0 fully saturated rings. The Bertz CT molecular complexity index is 408. The molecule has 18 heavy (non-hydrogen) atoms. The maximum atomic E-state index is 11.7. The average molecular weight is 314 g/mol. The standard InChI is InChI=1S/C13H16BrNO3/c1-2-15(12(16)9-14)11(13(17)18)8-10-6-4-3-5-7-10/h3-7,11H,2,8-9H2,1H3,(H,17,18)/t11-/m0/s1. The van der Waals surface area contributed by atoms with Crippen molar-refractivity contribution in [3.8, 4) is 0 Å².